The van der Waals surface area contributed by atoms with Gasteiger partial charge in [-0.1, -0.05) is 26.8 Å². The van der Waals surface area contributed by atoms with Crippen LogP contribution in [0.3, 0.4) is 0 Å². The molecule has 1 rings (SSSR count). The third-order valence-electron chi connectivity index (χ3n) is 2.35. The molecule has 0 saturated carbocycles. The van der Waals surface area contributed by atoms with E-state index in [9.17, 15) is 4.79 Å². The summed E-state index contributed by atoms with van der Waals surface area (Å²) in [6.07, 6.45) is 0. The van der Waals surface area contributed by atoms with E-state index in [1.54, 1.807) is 13.1 Å². The highest BCUT2D eigenvalue weighted by molar-refractivity contribution is 5.94. The molecule has 0 unspecified atom stereocenters. The Morgan fingerprint density at radius 1 is 1.27 bits per heavy atom. The van der Waals surface area contributed by atoms with Gasteiger partial charge in [-0.05, 0) is 35.6 Å². The minimum Gasteiger partial charge on any atom is -0.355 e. The van der Waals surface area contributed by atoms with Crippen molar-refractivity contribution in [2.24, 2.45) is 0 Å². The summed E-state index contributed by atoms with van der Waals surface area (Å²) in [6, 6.07) is 5.74. The van der Waals surface area contributed by atoms with Gasteiger partial charge in [-0.25, -0.2) is 0 Å². The average Bonchev–Trinajstić information content (AvgIpc) is 2.14. The summed E-state index contributed by atoms with van der Waals surface area (Å²) < 4.78 is 0. The smallest absolute Gasteiger partial charge is 0.251 e. The molecule has 0 saturated heterocycles. The molecule has 1 N–H and O–H groups in total. The molecule has 1 radical (unpaired) electrons. The van der Waals surface area contributed by atoms with E-state index in [1.165, 1.54) is 0 Å². The fourth-order valence-corrected chi connectivity index (χ4v) is 1.40. The van der Waals surface area contributed by atoms with Gasteiger partial charge < -0.3 is 5.32 Å². The van der Waals surface area contributed by atoms with Gasteiger partial charge in [-0.15, -0.1) is 0 Å². The van der Waals surface area contributed by atoms with Gasteiger partial charge in [0.2, 0.25) is 0 Å². The van der Waals surface area contributed by atoms with Gasteiger partial charge in [0.05, 0.1) is 0 Å². The highest BCUT2D eigenvalue weighted by Gasteiger charge is 2.16. The van der Waals surface area contributed by atoms with Crippen LogP contribution in [-0.4, -0.2) is 13.0 Å². The lowest BCUT2D eigenvalue weighted by atomic mass is 9.85. The topological polar surface area (TPSA) is 29.1 Å². The van der Waals surface area contributed by atoms with Crippen molar-refractivity contribution in [3.63, 3.8) is 0 Å². The highest BCUT2D eigenvalue weighted by atomic mass is 16.1. The Morgan fingerprint density at radius 2 is 1.87 bits per heavy atom. The van der Waals surface area contributed by atoms with E-state index in [0.717, 1.165) is 11.1 Å². The van der Waals surface area contributed by atoms with E-state index in [4.69, 9.17) is 0 Å². The lowest BCUT2D eigenvalue weighted by Crippen LogP contribution is -2.19. The molecule has 0 aromatic heterocycles. The fourth-order valence-electron chi connectivity index (χ4n) is 1.40. The number of benzene rings is 1. The molecular weight excluding hydrogens is 186 g/mol. The molecule has 1 aromatic carbocycles. The SMILES string of the molecule is [CH2]c1cc(C(=O)NC)cc(C(C)(C)C)c1. The zero-order valence-corrected chi connectivity index (χ0v) is 9.85. The predicted molar refractivity (Wildman–Crippen MR) is 63.0 cm³/mol. The van der Waals surface area contributed by atoms with Gasteiger partial charge in [0, 0.05) is 12.6 Å². The second kappa shape index (κ2) is 4.05. The van der Waals surface area contributed by atoms with Gasteiger partial charge in [0.25, 0.3) is 5.91 Å². The first-order chi connectivity index (χ1) is 6.84. The summed E-state index contributed by atoms with van der Waals surface area (Å²) >= 11 is 0. The molecule has 0 heterocycles. The molecule has 0 fully saturated rings. The number of carbonyl (C=O) groups excluding carboxylic acids is 1. The van der Waals surface area contributed by atoms with Gasteiger partial charge in [0.1, 0.15) is 0 Å². The summed E-state index contributed by atoms with van der Waals surface area (Å²) in [7, 11) is 1.63. The third-order valence-corrected chi connectivity index (χ3v) is 2.35. The van der Waals surface area contributed by atoms with Crippen molar-refractivity contribution >= 4 is 5.91 Å². The number of hydrogen-bond donors (Lipinski definition) is 1. The van der Waals surface area contributed by atoms with E-state index in [0.29, 0.717) is 5.56 Å². The van der Waals surface area contributed by atoms with E-state index >= 15 is 0 Å². The summed E-state index contributed by atoms with van der Waals surface area (Å²) in [5.41, 5.74) is 2.72. The number of amides is 1. The van der Waals surface area contributed by atoms with Crippen LogP contribution < -0.4 is 5.32 Å². The van der Waals surface area contributed by atoms with E-state index in [-0.39, 0.29) is 11.3 Å². The van der Waals surface area contributed by atoms with Crippen LogP contribution in [0.4, 0.5) is 0 Å². The second-order valence-corrected chi connectivity index (χ2v) is 4.75. The molecule has 81 valence electrons. The van der Waals surface area contributed by atoms with Gasteiger partial charge >= 0.3 is 0 Å². The van der Waals surface area contributed by atoms with E-state index < -0.39 is 0 Å². The largest absolute Gasteiger partial charge is 0.355 e. The first kappa shape index (κ1) is 11.8. The number of rotatable bonds is 1. The standard InChI is InChI=1S/C13H18NO/c1-9-6-10(12(15)14-5)8-11(7-9)13(2,3)4/h6-8H,1H2,2-5H3,(H,14,15). The first-order valence-electron chi connectivity index (χ1n) is 5.04. The van der Waals surface area contributed by atoms with Crippen molar-refractivity contribution in [1.29, 1.82) is 0 Å². The molecule has 2 nitrogen and oxygen atoms in total. The molecule has 1 amide bonds. The van der Waals surface area contributed by atoms with Crippen LogP contribution in [0.15, 0.2) is 18.2 Å². The quantitative estimate of drug-likeness (QED) is 0.748. The van der Waals surface area contributed by atoms with Crippen molar-refractivity contribution in [1.82, 2.24) is 5.32 Å². The molecule has 2 heteroatoms. The first-order valence-corrected chi connectivity index (χ1v) is 5.04. The maximum Gasteiger partial charge on any atom is 0.251 e. The monoisotopic (exact) mass is 204 g/mol. The number of carbonyl (C=O) groups is 1. The Hall–Kier alpha value is -1.31. The summed E-state index contributed by atoms with van der Waals surface area (Å²) in [5.74, 6) is -0.0639. The zero-order valence-electron chi connectivity index (χ0n) is 9.85. The molecule has 0 aliphatic carbocycles. The lowest BCUT2D eigenvalue weighted by molar-refractivity contribution is 0.0963. The summed E-state index contributed by atoms with van der Waals surface area (Å²) in [4.78, 5) is 11.5. The van der Waals surface area contributed by atoms with Crippen LogP contribution in [-0.2, 0) is 5.41 Å². The van der Waals surface area contributed by atoms with Gasteiger partial charge in [-0.3, -0.25) is 4.79 Å². The lowest BCUT2D eigenvalue weighted by Gasteiger charge is -2.20. The van der Waals surface area contributed by atoms with Crippen LogP contribution >= 0.6 is 0 Å². The minimum absolute atomic E-state index is 0.0382. The van der Waals surface area contributed by atoms with Crippen LogP contribution in [0.25, 0.3) is 0 Å². The number of hydrogen-bond acceptors (Lipinski definition) is 1. The van der Waals surface area contributed by atoms with Crippen molar-refractivity contribution in [3.05, 3.63) is 41.8 Å². The maximum atomic E-state index is 11.5. The fraction of sp³-hybridized carbons (Fsp3) is 0.385. The Kier molecular flexibility index (Phi) is 3.18. The average molecular weight is 204 g/mol. The molecule has 0 aliphatic rings. The van der Waals surface area contributed by atoms with Crippen LogP contribution in [0.1, 0.15) is 42.3 Å². The summed E-state index contributed by atoms with van der Waals surface area (Å²) in [6.45, 7) is 10.3. The summed E-state index contributed by atoms with van der Waals surface area (Å²) in [5, 5.41) is 2.62. The zero-order chi connectivity index (χ0) is 11.6. The molecule has 1 aromatic rings. The van der Waals surface area contributed by atoms with E-state index in [1.807, 2.05) is 12.1 Å². The van der Waals surface area contributed by atoms with Crippen LogP contribution in [0, 0.1) is 6.92 Å². The molecule has 0 bridgehead atoms. The molecule has 0 aliphatic heterocycles. The normalized spacial score (nSPS) is 11.3. The Morgan fingerprint density at radius 3 is 2.33 bits per heavy atom. The van der Waals surface area contributed by atoms with Crippen molar-refractivity contribution in [2.45, 2.75) is 26.2 Å². The van der Waals surface area contributed by atoms with Gasteiger partial charge in [0.15, 0.2) is 0 Å². The molecule has 0 atom stereocenters. The Bertz CT molecular complexity index is 375. The van der Waals surface area contributed by atoms with Crippen molar-refractivity contribution < 1.29 is 4.79 Å². The predicted octanol–water partition coefficient (Wildman–Crippen LogP) is 2.53. The maximum absolute atomic E-state index is 11.5. The highest BCUT2D eigenvalue weighted by Crippen LogP contribution is 2.24. The van der Waals surface area contributed by atoms with Crippen molar-refractivity contribution in [3.8, 4) is 0 Å². The third kappa shape index (κ3) is 2.82. The Labute approximate surface area is 91.7 Å². The number of nitrogens with one attached hydrogen (secondary N) is 1. The van der Waals surface area contributed by atoms with E-state index in [2.05, 4.69) is 33.0 Å². The second-order valence-electron chi connectivity index (χ2n) is 4.75. The molecular formula is C13H18NO. The Balaban J connectivity index is 3.23. The van der Waals surface area contributed by atoms with Crippen LogP contribution in [0.2, 0.25) is 0 Å². The van der Waals surface area contributed by atoms with Crippen LogP contribution in [0.5, 0.6) is 0 Å². The van der Waals surface area contributed by atoms with Crippen molar-refractivity contribution in [2.75, 3.05) is 7.05 Å². The van der Waals surface area contributed by atoms with Gasteiger partial charge in [-0.2, -0.15) is 0 Å². The molecule has 15 heavy (non-hydrogen) atoms. The minimum atomic E-state index is -0.0639. The molecule has 0 spiro atoms.